The lowest BCUT2D eigenvalue weighted by atomic mass is 10.2. The standard InChI is InChI=1S/C17H22N2O6S/c1-4-9-18-17(22)13(3)25-16(21)8-10-19-26(23,24)15-7-5-6-14(11-15)12(2)20/h4-7,11,13,19H,1,8-10H2,2-3H3,(H,18,22)/t13-/m1/s1. The van der Waals surface area contributed by atoms with Crippen molar-refractivity contribution >= 4 is 27.7 Å². The van der Waals surface area contributed by atoms with Crippen LogP contribution in [0, 0.1) is 0 Å². The van der Waals surface area contributed by atoms with Crippen molar-refractivity contribution in [1.29, 1.82) is 0 Å². The number of carbonyl (C=O) groups excluding carboxylic acids is 3. The van der Waals surface area contributed by atoms with Crippen LogP contribution >= 0.6 is 0 Å². The zero-order valence-corrected chi connectivity index (χ0v) is 15.5. The van der Waals surface area contributed by atoms with E-state index < -0.39 is 28.0 Å². The second-order valence-electron chi connectivity index (χ2n) is 5.40. The van der Waals surface area contributed by atoms with Gasteiger partial charge >= 0.3 is 5.97 Å². The maximum Gasteiger partial charge on any atom is 0.307 e. The predicted molar refractivity (Wildman–Crippen MR) is 95.0 cm³/mol. The zero-order chi connectivity index (χ0) is 19.7. The van der Waals surface area contributed by atoms with E-state index in [9.17, 15) is 22.8 Å². The normalized spacial score (nSPS) is 12.1. The molecule has 0 bridgehead atoms. The molecule has 0 aromatic heterocycles. The van der Waals surface area contributed by atoms with Crippen molar-refractivity contribution in [2.45, 2.75) is 31.3 Å². The van der Waals surface area contributed by atoms with Crippen molar-refractivity contribution in [1.82, 2.24) is 10.0 Å². The Morgan fingerprint density at radius 3 is 2.62 bits per heavy atom. The fourth-order valence-corrected chi connectivity index (χ4v) is 2.96. The van der Waals surface area contributed by atoms with Gasteiger partial charge in [-0.25, -0.2) is 13.1 Å². The molecule has 0 radical (unpaired) electrons. The SMILES string of the molecule is C=CCNC(=O)[C@@H](C)OC(=O)CCNS(=O)(=O)c1cccc(C(C)=O)c1. The van der Waals surface area contributed by atoms with E-state index in [1.807, 2.05) is 0 Å². The maximum atomic E-state index is 12.2. The molecule has 0 fully saturated rings. The van der Waals surface area contributed by atoms with E-state index in [-0.39, 0.29) is 35.8 Å². The van der Waals surface area contributed by atoms with Crippen molar-refractivity contribution < 1.29 is 27.5 Å². The van der Waals surface area contributed by atoms with Gasteiger partial charge < -0.3 is 10.1 Å². The molecular formula is C17H22N2O6S. The Morgan fingerprint density at radius 2 is 2.00 bits per heavy atom. The van der Waals surface area contributed by atoms with Crippen LogP contribution in [0.1, 0.15) is 30.6 Å². The number of sulfonamides is 1. The van der Waals surface area contributed by atoms with E-state index in [0.29, 0.717) is 0 Å². The summed E-state index contributed by atoms with van der Waals surface area (Å²) in [5.74, 6) is -1.44. The van der Waals surface area contributed by atoms with Crippen LogP contribution in [0.5, 0.6) is 0 Å². The summed E-state index contributed by atoms with van der Waals surface area (Å²) in [5.41, 5.74) is 0.270. The molecular weight excluding hydrogens is 360 g/mol. The number of Topliss-reactive ketones (excluding diaryl/α,β-unsaturated/α-hetero) is 1. The Morgan fingerprint density at radius 1 is 1.31 bits per heavy atom. The number of esters is 1. The summed E-state index contributed by atoms with van der Waals surface area (Å²) in [6.07, 6.45) is 0.249. The Labute approximate surface area is 152 Å². The molecule has 8 nitrogen and oxygen atoms in total. The molecule has 0 aliphatic heterocycles. The van der Waals surface area contributed by atoms with Crippen LogP contribution in [0.2, 0.25) is 0 Å². The van der Waals surface area contributed by atoms with Gasteiger partial charge in [0.1, 0.15) is 0 Å². The van der Waals surface area contributed by atoms with Gasteiger partial charge in [-0.1, -0.05) is 18.2 Å². The molecule has 0 saturated carbocycles. The smallest absolute Gasteiger partial charge is 0.307 e. The number of benzene rings is 1. The molecule has 1 rings (SSSR count). The Hall–Kier alpha value is -2.52. The zero-order valence-electron chi connectivity index (χ0n) is 14.7. The number of ether oxygens (including phenoxy) is 1. The topological polar surface area (TPSA) is 119 Å². The third kappa shape index (κ3) is 6.77. The Kier molecular flexibility index (Phi) is 8.14. The summed E-state index contributed by atoms with van der Waals surface area (Å²) < 4.78 is 31.5. The fourth-order valence-electron chi connectivity index (χ4n) is 1.88. The molecule has 1 aromatic carbocycles. The van der Waals surface area contributed by atoms with E-state index in [0.717, 1.165) is 0 Å². The molecule has 1 aromatic rings. The van der Waals surface area contributed by atoms with Crippen LogP contribution < -0.4 is 10.0 Å². The van der Waals surface area contributed by atoms with Gasteiger partial charge in [-0.15, -0.1) is 6.58 Å². The van der Waals surface area contributed by atoms with Crippen molar-refractivity contribution in [3.05, 3.63) is 42.5 Å². The first-order valence-electron chi connectivity index (χ1n) is 7.86. The maximum absolute atomic E-state index is 12.2. The summed E-state index contributed by atoms with van der Waals surface area (Å²) in [6.45, 7) is 6.24. The fraction of sp³-hybridized carbons (Fsp3) is 0.353. The number of hydrogen-bond donors (Lipinski definition) is 2. The molecule has 1 amide bonds. The third-order valence-corrected chi connectivity index (χ3v) is 4.73. The van der Waals surface area contributed by atoms with E-state index >= 15 is 0 Å². The second-order valence-corrected chi connectivity index (χ2v) is 7.16. The van der Waals surface area contributed by atoms with Crippen LogP contribution in [0.4, 0.5) is 0 Å². The monoisotopic (exact) mass is 382 g/mol. The highest BCUT2D eigenvalue weighted by Crippen LogP contribution is 2.12. The second kappa shape index (κ2) is 9.83. The number of nitrogens with one attached hydrogen (secondary N) is 2. The van der Waals surface area contributed by atoms with Crippen molar-refractivity contribution in [2.24, 2.45) is 0 Å². The molecule has 2 N–H and O–H groups in total. The largest absolute Gasteiger partial charge is 0.453 e. The first kappa shape index (κ1) is 21.5. The van der Waals surface area contributed by atoms with Crippen molar-refractivity contribution in [3.8, 4) is 0 Å². The summed E-state index contributed by atoms with van der Waals surface area (Å²) in [6, 6.07) is 5.58. The van der Waals surface area contributed by atoms with E-state index in [4.69, 9.17) is 4.74 Å². The summed E-state index contributed by atoms with van der Waals surface area (Å²) in [7, 11) is -3.87. The van der Waals surface area contributed by atoms with Crippen LogP contribution in [-0.4, -0.2) is 45.3 Å². The van der Waals surface area contributed by atoms with Gasteiger partial charge in [0, 0.05) is 18.7 Å². The quantitative estimate of drug-likeness (QED) is 0.351. The van der Waals surface area contributed by atoms with Gasteiger partial charge in [0.05, 0.1) is 11.3 Å². The lowest BCUT2D eigenvalue weighted by molar-refractivity contribution is -0.154. The van der Waals surface area contributed by atoms with Crippen LogP contribution in [-0.2, 0) is 24.3 Å². The molecule has 0 saturated heterocycles. The highest BCUT2D eigenvalue weighted by Gasteiger charge is 2.19. The van der Waals surface area contributed by atoms with Crippen LogP contribution in [0.3, 0.4) is 0 Å². The first-order valence-corrected chi connectivity index (χ1v) is 9.34. The Balaban J connectivity index is 2.54. The van der Waals surface area contributed by atoms with E-state index in [1.54, 1.807) is 0 Å². The molecule has 0 spiro atoms. The number of carbonyl (C=O) groups is 3. The molecule has 1 atom stereocenters. The van der Waals surface area contributed by atoms with Gasteiger partial charge in [-0.3, -0.25) is 14.4 Å². The lowest BCUT2D eigenvalue weighted by Gasteiger charge is -2.13. The van der Waals surface area contributed by atoms with Gasteiger partial charge in [0.25, 0.3) is 5.91 Å². The van der Waals surface area contributed by atoms with Gasteiger partial charge in [0.2, 0.25) is 10.0 Å². The highest BCUT2D eigenvalue weighted by atomic mass is 32.2. The summed E-state index contributed by atoms with van der Waals surface area (Å²) >= 11 is 0. The minimum atomic E-state index is -3.87. The first-order chi connectivity index (χ1) is 12.2. The van der Waals surface area contributed by atoms with Crippen molar-refractivity contribution in [3.63, 3.8) is 0 Å². The van der Waals surface area contributed by atoms with Gasteiger partial charge in [-0.2, -0.15) is 0 Å². The molecule has 26 heavy (non-hydrogen) atoms. The van der Waals surface area contributed by atoms with Crippen LogP contribution in [0.25, 0.3) is 0 Å². The van der Waals surface area contributed by atoms with Gasteiger partial charge in [0.15, 0.2) is 11.9 Å². The van der Waals surface area contributed by atoms with E-state index in [2.05, 4.69) is 16.6 Å². The molecule has 0 aliphatic rings. The average molecular weight is 382 g/mol. The predicted octanol–water partition coefficient (Wildman–Crippen LogP) is 0.792. The Bertz CT molecular complexity index is 788. The molecule has 9 heteroatoms. The van der Waals surface area contributed by atoms with E-state index in [1.165, 1.54) is 44.2 Å². The van der Waals surface area contributed by atoms with Crippen LogP contribution in [0.15, 0.2) is 41.8 Å². The van der Waals surface area contributed by atoms with Gasteiger partial charge in [-0.05, 0) is 26.0 Å². The summed E-state index contributed by atoms with van der Waals surface area (Å²) in [5, 5.41) is 2.48. The lowest BCUT2D eigenvalue weighted by Crippen LogP contribution is -2.36. The van der Waals surface area contributed by atoms with Crippen molar-refractivity contribution in [2.75, 3.05) is 13.1 Å². The molecule has 0 heterocycles. The minimum Gasteiger partial charge on any atom is -0.453 e. The highest BCUT2D eigenvalue weighted by molar-refractivity contribution is 7.89. The third-order valence-electron chi connectivity index (χ3n) is 3.27. The molecule has 0 unspecified atom stereocenters. The minimum absolute atomic E-state index is 0.0734. The number of rotatable bonds is 10. The average Bonchev–Trinajstić information content (AvgIpc) is 2.59. The number of ketones is 1. The molecule has 0 aliphatic carbocycles. The summed E-state index contributed by atoms with van der Waals surface area (Å²) in [4.78, 5) is 34.5. The molecule has 142 valence electrons. The number of amides is 1. The number of hydrogen-bond acceptors (Lipinski definition) is 6.